The molecule has 0 fully saturated rings. The highest BCUT2D eigenvalue weighted by molar-refractivity contribution is 7.98. The van der Waals surface area contributed by atoms with E-state index in [0.717, 1.165) is 23.8 Å². The lowest BCUT2D eigenvalue weighted by Crippen LogP contribution is -2.23. The van der Waals surface area contributed by atoms with E-state index in [0.29, 0.717) is 6.04 Å². The van der Waals surface area contributed by atoms with Gasteiger partial charge in [0.25, 0.3) is 0 Å². The molecule has 0 aliphatic heterocycles. The Bertz CT molecular complexity index is 530. The van der Waals surface area contributed by atoms with Crippen LogP contribution in [0.2, 0.25) is 0 Å². The highest BCUT2D eigenvalue weighted by atomic mass is 32.2. The van der Waals surface area contributed by atoms with Gasteiger partial charge in [-0.3, -0.25) is 0 Å². The summed E-state index contributed by atoms with van der Waals surface area (Å²) >= 11 is 1.95. The summed E-state index contributed by atoms with van der Waals surface area (Å²) < 4.78 is 5.49. The van der Waals surface area contributed by atoms with Gasteiger partial charge < -0.3 is 10.1 Å². The Kier molecular flexibility index (Phi) is 6.64. The number of nitrogens with one attached hydrogen (secondary N) is 1. The van der Waals surface area contributed by atoms with Gasteiger partial charge in [-0.25, -0.2) is 0 Å². The van der Waals surface area contributed by atoms with Gasteiger partial charge in [-0.2, -0.15) is 11.8 Å². The molecule has 0 bridgehead atoms. The average Bonchev–Trinajstić information content (AvgIpc) is 2.55. The molecular formula is C18H23NOS. The molecule has 2 nitrogen and oxygen atoms in total. The number of hydrogen-bond acceptors (Lipinski definition) is 3. The van der Waals surface area contributed by atoms with E-state index in [4.69, 9.17) is 4.74 Å². The highest BCUT2D eigenvalue weighted by Gasteiger charge is 2.14. The first-order chi connectivity index (χ1) is 10.3. The molecule has 2 aromatic carbocycles. The molecule has 1 atom stereocenters. The summed E-state index contributed by atoms with van der Waals surface area (Å²) in [5.41, 5.74) is 2.61. The summed E-state index contributed by atoms with van der Waals surface area (Å²) in [6.07, 6.45) is 0. The molecule has 0 radical (unpaired) electrons. The fourth-order valence-electron chi connectivity index (χ4n) is 2.33. The maximum Gasteiger partial charge on any atom is 0.123 e. The number of thioether (sulfide) groups is 1. The third kappa shape index (κ3) is 4.80. The van der Waals surface area contributed by atoms with Gasteiger partial charge in [0.1, 0.15) is 5.75 Å². The summed E-state index contributed by atoms with van der Waals surface area (Å²) in [7, 11) is 1.74. The quantitative estimate of drug-likeness (QED) is 0.786. The Balaban J connectivity index is 1.99. The SMILES string of the molecule is CCNC(CSCc1ccccc1)c1ccccc1OC. The van der Waals surface area contributed by atoms with E-state index in [1.807, 2.05) is 23.9 Å². The fourth-order valence-corrected chi connectivity index (χ4v) is 3.41. The average molecular weight is 301 g/mol. The first kappa shape index (κ1) is 15.9. The zero-order valence-corrected chi connectivity index (χ0v) is 13.5. The minimum atomic E-state index is 0.319. The molecule has 1 N–H and O–H groups in total. The summed E-state index contributed by atoms with van der Waals surface area (Å²) in [6, 6.07) is 19.2. The van der Waals surface area contributed by atoms with Crippen LogP contribution in [0.25, 0.3) is 0 Å². The Morgan fingerprint density at radius 1 is 1.05 bits per heavy atom. The van der Waals surface area contributed by atoms with E-state index < -0.39 is 0 Å². The summed E-state index contributed by atoms with van der Waals surface area (Å²) in [4.78, 5) is 0. The van der Waals surface area contributed by atoms with Crippen LogP contribution in [0.1, 0.15) is 24.1 Å². The Morgan fingerprint density at radius 2 is 1.76 bits per heavy atom. The molecular weight excluding hydrogens is 278 g/mol. The van der Waals surface area contributed by atoms with Crippen molar-refractivity contribution >= 4 is 11.8 Å². The van der Waals surface area contributed by atoms with Crippen LogP contribution in [-0.4, -0.2) is 19.4 Å². The van der Waals surface area contributed by atoms with Crippen molar-refractivity contribution in [2.24, 2.45) is 0 Å². The van der Waals surface area contributed by atoms with Crippen LogP contribution in [0.4, 0.5) is 0 Å². The molecule has 0 amide bonds. The molecule has 2 aromatic rings. The van der Waals surface area contributed by atoms with Crippen LogP contribution >= 0.6 is 11.8 Å². The van der Waals surface area contributed by atoms with Crippen molar-refractivity contribution in [3.05, 3.63) is 65.7 Å². The van der Waals surface area contributed by atoms with Gasteiger partial charge in [0.05, 0.1) is 7.11 Å². The van der Waals surface area contributed by atoms with E-state index in [1.165, 1.54) is 11.1 Å². The number of para-hydroxylation sites is 1. The van der Waals surface area contributed by atoms with Gasteiger partial charge in [0.2, 0.25) is 0 Å². The maximum absolute atomic E-state index is 5.49. The number of hydrogen-bond donors (Lipinski definition) is 1. The topological polar surface area (TPSA) is 21.3 Å². The van der Waals surface area contributed by atoms with Crippen LogP contribution in [0.5, 0.6) is 5.75 Å². The number of methoxy groups -OCH3 is 1. The second kappa shape index (κ2) is 8.75. The van der Waals surface area contributed by atoms with E-state index in [1.54, 1.807) is 7.11 Å². The Hall–Kier alpha value is -1.45. The van der Waals surface area contributed by atoms with Gasteiger partial charge in [-0.15, -0.1) is 0 Å². The monoisotopic (exact) mass is 301 g/mol. The molecule has 112 valence electrons. The molecule has 0 saturated carbocycles. The highest BCUT2D eigenvalue weighted by Crippen LogP contribution is 2.28. The van der Waals surface area contributed by atoms with Gasteiger partial charge >= 0.3 is 0 Å². The van der Waals surface area contributed by atoms with Crippen LogP contribution in [0.3, 0.4) is 0 Å². The predicted octanol–water partition coefficient (Wildman–Crippen LogP) is 4.28. The molecule has 1 unspecified atom stereocenters. The molecule has 0 aliphatic rings. The van der Waals surface area contributed by atoms with Crippen LogP contribution in [0.15, 0.2) is 54.6 Å². The Labute approximate surface area is 131 Å². The number of rotatable bonds is 8. The fraction of sp³-hybridized carbons (Fsp3) is 0.333. The van der Waals surface area contributed by atoms with E-state index in [9.17, 15) is 0 Å². The predicted molar refractivity (Wildman–Crippen MR) is 92.0 cm³/mol. The lowest BCUT2D eigenvalue weighted by atomic mass is 10.1. The summed E-state index contributed by atoms with van der Waals surface area (Å²) in [5, 5.41) is 3.56. The first-order valence-corrected chi connectivity index (χ1v) is 8.48. The van der Waals surface area contributed by atoms with Gasteiger partial charge in [0, 0.05) is 23.1 Å². The molecule has 0 aromatic heterocycles. The van der Waals surface area contributed by atoms with E-state index in [-0.39, 0.29) is 0 Å². The van der Waals surface area contributed by atoms with Crippen molar-refractivity contribution in [1.82, 2.24) is 5.32 Å². The smallest absolute Gasteiger partial charge is 0.123 e. The van der Waals surface area contributed by atoms with Crippen molar-refractivity contribution in [2.75, 3.05) is 19.4 Å². The van der Waals surface area contributed by atoms with Gasteiger partial charge in [-0.1, -0.05) is 55.5 Å². The molecule has 0 heterocycles. The summed E-state index contributed by atoms with van der Waals surface area (Å²) in [5.74, 6) is 3.03. The standard InChI is InChI=1S/C18H23NOS/c1-3-19-17(16-11-7-8-12-18(16)20-2)14-21-13-15-9-5-4-6-10-15/h4-12,17,19H,3,13-14H2,1-2H3. The Morgan fingerprint density at radius 3 is 2.48 bits per heavy atom. The van der Waals surface area contributed by atoms with E-state index >= 15 is 0 Å². The second-order valence-electron chi connectivity index (χ2n) is 4.85. The minimum Gasteiger partial charge on any atom is -0.496 e. The van der Waals surface area contributed by atoms with Crippen molar-refractivity contribution in [1.29, 1.82) is 0 Å². The summed E-state index contributed by atoms with van der Waals surface area (Å²) in [6.45, 7) is 3.10. The molecule has 0 saturated heterocycles. The second-order valence-corrected chi connectivity index (χ2v) is 5.88. The van der Waals surface area contributed by atoms with Crippen molar-refractivity contribution in [3.63, 3.8) is 0 Å². The van der Waals surface area contributed by atoms with Crippen molar-refractivity contribution in [2.45, 2.75) is 18.7 Å². The van der Waals surface area contributed by atoms with Crippen LogP contribution in [0, 0.1) is 0 Å². The molecule has 0 spiro atoms. The number of ether oxygens (including phenoxy) is 1. The zero-order valence-electron chi connectivity index (χ0n) is 12.7. The van der Waals surface area contributed by atoms with Crippen LogP contribution < -0.4 is 10.1 Å². The molecule has 0 aliphatic carbocycles. The van der Waals surface area contributed by atoms with Crippen molar-refractivity contribution in [3.8, 4) is 5.75 Å². The first-order valence-electron chi connectivity index (χ1n) is 7.33. The third-order valence-corrected chi connectivity index (χ3v) is 4.47. The van der Waals surface area contributed by atoms with Crippen molar-refractivity contribution < 1.29 is 4.74 Å². The lowest BCUT2D eigenvalue weighted by molar-refractivity contribution is 0.403. The molecule has 2 rings (SSSR count). The molecule has 3 heteroatoms. The maximum atomic E-state index is 5.49. The van der Waals surface area contributed by atoms with Crippen LogP contribution in [-0.2, 0) is 5.75 Å². The van der Waals surface area contributed by atoms with Gasteiger partial charge in [-0.05, 0) is 18.2 Å². The largest absolute Gasteiger partial charge is 0.496 e. The zero-order chi connectivity index (χ0) is 14.9. The normalized spacial score (nSPS) is 12.1. The molecule has 21 heavy (non-hydrogen) atoms. The van der Waals surface area contributed by atoms with Gasteiger partial charge in [0.15, 0.2) is 0 Å². The minimum absolute atomic E-state index is 0.319. The van der Waals surface area contributed by atoms with E-state index in [2.05, 4.69) is 54.7 Å². The number of benzene rings is 2. The lowest BCUT2D eigenvalue weighted by Gasteiger charge is -2.20. The third-order valence-electron chi connectivity index (χ3n) is 3.36.